The first-order valence-corrected chi connectivity index (χ1v) is 18.7. The van der Waals surface area contributed by atoms with Gasteiger partial charge in [0.05, 0.1) is 24.3 Å². The zero-order valence-corrected chi connectivity index (χ0v) is 35.1. The average Bonchev–Trinajstić information content (AvgIpc) is 3.02. The molecule has 1 aliphatic rings. The fourth-order valence-corrected chi connectivity index (χ4v) is 5.25. The van der Waals surface area contributed by atoms with Crippen molar-refractivity contribution in [1.82, 2.24) is 20.4 Å². The minimum atomic E-state index is -1.37. The van der Waals surface area contributed by atoms with E-state index in [0.29, 0.717) is 6.42 Å². The number of nitrogens with one attached hydrogen (secondary N) is 2. The van der Waals surface area contributed by atoms with E-state index in [9.17, 15) is 34.0 Å². The van der Waals surface area contributed by atoms with Crippen LogP contribution in [-0.4, -0.2) is 119 Å². The summed E-state index contributed by atoms with van der Waals surface area (Å²) in [5.74, 6) is -3.47. The lowest BCUT2D eigenvalue weighted by molar-refractivity contribution is -0.158. The predicted molar refractivity (Wildman–Crippen MR) is 205 cm³/mol. The monoisotopic (exact) mass is 776 g/mol. The molecule has 2 N–H and O–H groups in total. The van der Waals surface area contributed by atoms with Gasteiger partial charge in [-0.25, -0.2) is 9.59 Å². The molecule has 16 nitrogen and oxygen atoms in total. The van der Waals surface area contributed by atoms with E-state index < -0.39 is 83.3 Å². The Balaban J connectivity index is 3.59. The molecule has 0 aromatic carbocycles. The summed E-state index contributed by atoms with van der Waals surface area (Å²) in [6.45, 7) is 24.9. The van der Waals surface area contributed by atoms with Crippen molar-refractivity contribution in [3.05, 3.63) is 12.7 Å². The van der Waals surface area contributed by atoms with Crippen LogP contribution in [0.2, 0.25) is 0 Å². The number of amides is 4. The average molecular weight is 777 g/mol. The predicted octanol–water partition coefficient (Wildman–Crippen LogP) is 4.06. The van der Waals surface area contributed by atoms with Gasteiger partial charge >= 0.3 is 18.0 Å². The highest BCUT2D eigenvalue weighted by atomic mass is 16.6. The summed E-state index contributed by atoms with van der Waals surface area (Å²) >= 11 is 0. The molecule has 2 unspecified atom stereocenters. The van der Waals surface area contributed by atoms with Crippen LogP contribution in [0.15, 0.2) is 17.6 Å². The van der Waals surface area contributed by atoms with Gasteiger partial charge in [-0.2, -0.15) is 5.26 Å². The Hall–Kier alpha value is -4.52. The van der Waals surface area contributed by atoms with Crippen molar-refractivity contribution in [1.29, 1.82) is 5.26 Å². The van der Waals surface area contributed by atoms with Crippen LogP contribution in [0.4, 0.5) is 4.79 Å². The number of aliphatic imine (C=N–C) groups is 1. The van der Waals surface area contributed by atoms with Gasteiger partial charge in [0.1, 0.15) is 48.8 Å². The number of carbonyl (C=O) groups excluding carboxylic acids is 6. The standard InChI is InChI=1S/C39H64N6O10/c1-15-18-52-36(51)44(26(20-40)16-17-31(48)54-38(9,10)11)21-29(46)41-27(23-53-37(6,7)8)34(49)45-22-30(47)42-33(28(45)19-24(2)3)43-32(25(4)5)35(50)55-39(12,13)14/h15,24-28,32H,1,16-19,21-23H2,2-14H3,(H,41,46)(H,42,43,47)/t26?,27?,28-,32-/m0/s1. The van der Waals surface area contributed by atoms with E-state index in [-0.39, 0.29) is 50.3 Å². The molecular formula is C39H64N6O10. The highest BCUT2D eigenvalue weighted by molar-refractivity contribution is 6.08. The number of carbonyl (C=O) groups is 6. The number of rotatable bonds is 17. The lowest BCUT2D eigenvalue weighted by Crippen LogP contribution is -2.64. The number of piperazine rings is 1. The lowest BCUT2D eigenvalue weighted by atomic mass is 9.97. The first kappa shape index (κ1) is 48.5. The molecule has 4 atom stereocenters. The Kier molecular flexibility index (Phi) is 18.5. The van der Waals surface area contributed by atoms with E-state index in [1.807, 2.05) is 19.9 Å². The molecule has 4 amide bonds. The van der Waals surface area contributed by atoms with Crippen LogP contribution in [0.1, 0.15) is 109 Å². The molecule has 55 heavy (non-hydrogen) atoms. The number of ether oxygens (including phenoxy) is 4. The zero-order chi connectivity index (χ0) is 42.5. The maximum absolute atomic E-state index is 14.5. The SMILES string of the molecule is C=CCOC(=O)N(CC(=O)NC(COC(C)(C)C)C(=O)N1CC(=O)NC(=N[C@H](C(=O)OC(C)(C)C)C(C)C)[C@@H]1CC(C)C)C(C#N)CCC(=O)OC(C)(C)C. The van der Waals surface area contributed by atoms with E-state index in [4.69, 9.17) is 18.9 Å². The molecule has 0 aromatic rings. The van der Waals surface area contributed by atoms with E-state index in [0.717, 1.165) is 4.90 Å². The highest BCUT2D eigenvalue weighted by Gasteiger charge is 2.41. The third-order valence-electron chi connectivity index (χ3n) is 7.57. The van der Waals surface area contributed by atoms with Gasteiger partial charge in [0.2, 0.25) is 17.7 Å². The summed E-state index contributed by atoms with van der Waals surface area (Å²) in [4.78, 5) is 87.1. The smallest absolute Gasteiger partial charge is 0.411 e. The third-order valence-corrected chi connectivity index (χ3v) is 7.57. The molecule has 0 bridgehead atoms. The van der Waals surface area contributed by atoms with Crippen LogP contribution >= 0.6 is 0 Å². The number of amidine groups is 1. The van der Waals surface area contributed by atoms with Gasteiger partial charge in [-0.05, 0) is 87.0 Å². The largest absolute Gasteiger partial charge is 0.460 e. The number of hydrogen-bond acceptors (Lipinski definition) is 12. The van der Waals surface area contributed by atoms with Crippen molar-refractivity contribution in [2.75, 3.05) is 26.3 Å². The molecule has 0 saturated carbocycles. The summed E-state index contributed by atoms with van der Waals surface area (Å²) in [7, 11) is 0. The van der Waals surface area contributed by atoms with Crippen molar-refractivity contribution >= 4 is 41.6 Å². The van der Waals surface area contributed by atoms with Crippen LogP contribution in [0.3, 0.4) is 0 Å². The number of hydrogen-bond donors (Lipinski definition) is 2. The maximum Gasteiger partial charge on any atom is 0.411 e. The molecule has 1 rings (SSSR count). The van der Waals surface area contributed by atoms with E-state index in [1.54, 1.807) is 76.2 Å². The minimum absolute atomic E-state index is 0.00266. The van der Waals surface area contributed by atoms with Crippen molar-refractivity contribution < 1.29 is 47.7 Å². The van der Waals surface area contributed by atoms with Gasteiger partial charge in [0.25, 0.3) is 0 Å². The molecule has 0 radical (unpaired) electrons. The highest BCUT2D eigenvalue weighted by Crippen LogP contribution is 2.22. The van der Waals surface area contributed by atoms with Crippen LogP contribution in [0.25, 0.3) is 0 Å². The summed E-state index contributed by atoms with van der Waals surface area (Å²) in [5.41, 5.74) is -2.32. The van der Waals surface area contributed by atoms with Crippen LogP contribution < -0.4 is 10.6 Å². The van der Waals surface area contributed by atoms with Crippen LogP contribution in [0.5, 0.6) is 0 Å². The summed E-state index contributed by atoms with van der Waals surface area (Å²) in [6.07, 6.45) is 0.241. The minimum Gasteiger partial charge on any atom is -0.460 e. The second-order valence-electron chi connectivity index (χ2n) is 17.2. The Labute approximate surface area is 326 Å². The summed E-state index contributed by atoms with van der Waals surface area (Å²) < 4.78 is 22.1. The second-order valence-corrected chi connectivity index (χ2v) is 17.2. The topological polar surface area (TPSA) is 206 Å². The molecule has 1 fully saturated rings. The Morgan fingerprint density at radius 1 is 1.02 bits per heavy atom. The van der Waals surface area contributed by atoms with Crippen LogP contribution in [0, 0.1) is 23.2 Å². The molecule has 310 valence electrons. The number of esters is 2. The maximum atomic E-state index is 14.5. The van der Waals surface area contributed by atoms with Gasteiger partial charge < -0.3 is 34.5 Å². The molecule has 0 spiro atoms. The van der Waals surface area contributed by atoms with E-state index in [1.165, 1.54) is 11.0 Å². The van der Waals surface area contributed by atoms with Gasteiger partial charge in [0, 0.05) is 6.42 Å². The summed E-state index contributed by atoms with van der Waals surface area (Å²) in [6, 6.07) is -2.49. The van der Waals surface area contributed by atoms with Gasteiger partial charge in [0.15, 0.2) is 6.04 Å². The molecule has 16 heteroatoms. The van der Waals surface area contributed by atoms with Gasteiger partial charge in [-0.1, -0.05) is 40.3 Å². The van der Waals surface area contributed by atoms with Crippen molar-refractivity contribution in [2.24, 2.45) is 16.8 Å². The van der Waals surface area contributed by atoms with Crippen molar-refractivity contribution in [3.63, 3.8) is 0 Å². The summed E-state index contributed by atoms with van der Waals surface area (Å²) in [5, 5.41) is 15.4. The second kappa shape index (κ2) is 21.0. The Bertz CT molecular complexity index is 1450. The molecular weight excluding hydrogens is 712 g/mol. The molecule has 0 aromatic heterocycles. The number of nitrogens with zero attached hydrogens (tertiary/aromatic N) is 4. The molecule has 0 aliphatic carbocycles. The van der Waals surface area contributed by atoms with Crippen LogP contribution in [-0.2, 0) is 42.9 Å². The zero-order valence-electron chi connectivity index (χ0n) is 35.1. The van der Waals surface area contributed by atoms with Crippen molar-refractivity contribution in [3.8, 4) is 6.07 Å². The van der Waals surface area contributed by atoms with Gasteiger partial charge in [-0.15, -0.1) is 0 Å². The van der Waals surface area contributed by atoms with E-state index in [2.05, 4.69) is 22.2 Å². The fraction of sp³-hybridized carbons (Fsp3) is 0.744. The normalized spacial score (nSPS) is 17.4. The molecule has 1 saturated heterocycles. The quantitative estimate of drug-likeness (QED) is 0.122. The van der Waals surface area contributed by atoms with Crippen molar-refractivity contribution in [2.45, 2.75) is 150 Å². The lowest BCUT2D eigenvalue weighted by Gasteiger charge is -2.40. The number of nitriles is 1. The van der Waals surface area contributed by atoms with E-state index >= 15 is 0 Å². The third kappa shape index (κ3) is 18.1. The van der Waals surface area contributed by atoms with Gasteiger partial charge in [-0.3, -0.25) is 29.1 Å². The Morgan fingerprint density at radius 2 is 1.62 bits per heavy atom. The fourth-order valence-electron chi connectivity index (χ4n) is 5.25. The molecule has 1 aliphatic heterocycles. The first-order valence-electron chi connectivity index (χ1n) is 18.7. The first-order chi connectivity index (χ1) is 25.2. The Morgan fingerprint density at radius 3 is 2.11 bits per heavy atom. The molecule has 1 heterocycles.